The van der Waals surface area contributed by atoms with Gasteiger partial charge in [-0.1, -0.05) is 36.7 Å². The van der Waals surface area contributed by atoms with Crippen LogP contribution in [-0.2, 0) is 6.61 Å². The second kappa shape index (κ2) is 9.21. The third-order valence-corrected chi connectivity index (χ3v) is 5.64. The van der Waals surface area contributed by atoms with Crippen molar-refractivity contribution in [3.63, 3.8) is 0 Å². The second-order valence-electron chi connectivity index (χ2n) is 7.11. The van der Waals surface area contributed by atoms with Crippen LogP contribution in [-0.4, -0.2) is 42.6 Å². The van der Waals surface area contributed by atoms with Crippen molar-refractivity contribution in [2.75, 3.05) is 37.6 Å². The number of hydrogen-bond acceptors (Lipinski definition) is 6. The number of benzene rings is 2. The first-order valence-electron chi connectivity index (χ1n) is 10.0. The molecule has 3 aromatic rings. The van der Waals surface area contributed by atoms with Crippen LogP contribution < -0.4 is 9.64 Å². The lowest BCUT2D eigenvalue weighted by Crippen LogP contribution is -2.46. The Hall–Kier alpha value is -3.01. The summed E-state index contributed by atoms with van der Waals surface area (Å²) in [4.78, 5) is 8.88. The summed E-state index contributed by atoms with van der Waals surface area (Å²) < 4.78 is 11.8. The largest absolute Gasteiger partial charge is 0.489 e. The van der Waals surface area contributed by atoms with Gasteiger partial charge in [0.1, 0.15) is 18.4 Å². The highest BCUT2D eigenvalue weighted by Gasteiger charge is 2.24. The van der Waals surface area contributed by atoms with Crippen LogP contribution in [0, 0.1) is 11.3 Å². The van der Waals surface area contributed by atoms with Gasteiger partial charge in [0.15, 0.2) is 0 Å². The number of rotatable bonds is 6. The molecule has 0 bridgehead atoms. The van der Waals surface area contributed by atoms with E-state index in [1.54, 1.807) is 0 Å². The maximum atomic E-state index is 9.51. The van der Waals surface area contributed by atoms with Crippen molar-refractivity contribution in [1.29, 1.82) is 5.26 Å². The molecule has 1 aliphatic heterocycles. The van der Waals surface area contributed by atoms with E-state index in [2.05, 4.69) is 27.8 Å². The molecule has 4 rings (SSSR count). The van der Waals surface area contributed by atoms with Crippen LogP contribution in [0.5, 0.6) is 5.75 Å². The van der Waals surface area contributed by atoms with Gasteiger partial charge in [-0.2, -0.15) is 10.2 Å². The van der Waals surface area contributed by atoms with Crippen LogP contribution in [0.15, 0.2) is 52.9 Å². The van der Waals surface area contributed by atoms with Gasteiger partial charge in [0.25, 0.3) is 0 Å². The summed E-state index contributed by atoms with van der Waals surface area (Å²) in [6.45, 7) is 7.14. The maximum Gasteiger partial charge on any atom is 0.235 e. The predicted molar refractivity (Wildman–Crippen MR) is 117 cm³/mol. The molecule has 0 spiro atoms. The number of likely N-dealkylation sites (N-methyl/N-ethyl adjacent to an activating group) is 1. The normalized spacial score (nSPS) is 14.5. The molecular weight excluding hydrogens is 400 g/mol. The zero-order valence-electron chi connectivity index (χ0n) is 16.8. The average molecular weight is 423 g/mol. The van der Waals surface area contributed by atoms with Crippen LogP contribution in [0.4, 0.5) is 5.88 Å². The van der Waals surface area contributed by atoms with E-state index < -0.39 is 0 Å². The summed E-state index contributed by atoms with van der Waals surface area (Å²) in [5, 5.41) is 10.2. The predicted octanol–water partition coefficient (Wildman–Crippen LogP) is 4.59. The Labute approximate surface area is 181 Å². The number of nitriles is 1. The van der Waals surface area contributed by atoms with Crippen molar-refractivity contribution in [3.05, 3.63) is 64.8 Å². The number of hydrogen-bond donors (Lipinski definition) is 0. The fourth-order valence-electron chi connectivity index (χ4n) is 3.46. The molecule has 0 N–H and O–H groups in total. The van der Waals surface area contributed by atoms with E-state index >= 15 is 0 Å². The summed E-state index contributed by atoms with van der Waals surface area (Å²) in [6, 6.07) is 17.3. The third kappa shape index (κ3) is 4.43. The standard InChI is InChI=1S/C23H23ClN4O2/c1-2-27-11-13-28(14-12-27)23-21(15-25)26-22(30-23)17-7-9-19(10-8-17)29-16-18-5-3-4-6-20(18)24/h3-10H,2,11-14,16H2,1H3. The van der Waals surface area contributed by atoms with E-state index in [1.165, 1.54) is 0 Å². The summed E-state index contributed by atoms with van der Waals surface area (Å²) in [7, 11) is 0. The summed E-state index contributed by atoms with van der Waals surface area (Å²) in [5.41, 5.74) is 2.06. The Morgan fingerprint density at radius 3 is 2.50 bits per heavy atom. The van der Waals surface area contributed by atoms with Crippen molar-refractivity contribution in [2.45, 2.75) is 13.5 Å². The van der Waals surface area contributed by atoms with Crippen LogP contribution in [0.1, 0.15) is 18.2 Å². The first-order valence-corrected chi connectivity index (χ1v) is 10.4. The van der Waals surface area contributed by atoms with Crippen molar-refractivity contribution in [3.8, 4) is 23.3 Å². The molecule has 0 aliphatic carbocycles. The lowest BCUT2D eigenvalue weighted by atomic mass is 10.2. The van der Waals surface area contributed by atoms with Gasteiger partial charge in [0, 0.05) is 42.3 Å². The first-order chi connectivity index (χ1) is 14.7. The lowest BCUT2D eigenvalue weighted by Gasteiger charge is -2.33. The summed E-state index contributed by atoms with van der Waals surface area (Å²) in [6.07, 6.45) is 0. The van der Waals surface area contributed by atoms with E-state index in [1.807, 2.05) is 48.5 Å². The van der Waals surface area contributed by atoms with Gasteiger partial charge in [-0.25, -0.2) is 0 Å². The zero-order valence-corrected chi connectivity index (χ0v) is 17.6. The molecule has 0 unspecified atom stereocenters. The molecule has 0 saturated carbocycles. The fourth-order valence-corrected chi connectivity index (χ4v) is 3.65. The highest BCUT2D eigenvalue weighted by molar-refractivity contribution is 6.31. The molecule has 1 aliphatic rings. The zero-order chi connectivity index (χ0) is 20.9. The van der Waals surface area contributed by atoms with E-state index in [-0.39, 0.29) is 0 Å². The van der Waals surface area contributed by atoms with Gasteiger partial charge < -0.3 is 19.0 Å². The highest BCUT2D eigenvalue weighted by atomic mass is 35.5. The number of piperazine rings is 1. The highest BCUT2D eigenvalue weighted by Crippen LogP contribution is 2.30. The van der Waals surface area contributed by atoms with Gasteiger partial charge in [-0.05, 0) is 36.9 Å². The molecule has 1 fully saturated rings. The maximum absolute atomic E-state index is 9.51. The number of ether oxygens (including phenoxy) is 1. The van der Waals surface area contributed by atoms with Gasteiger partial charge in [-0.3, -0.25) is 0 Å². The molecular formula is C23H23ClN4O2. The quantitative estimate of drug-likeness (QED) is 0.579. The molecule has 1 saturated heterocycles. The minimum atomic E-state index is 0.328. The van der Waals surface area contributed by atoms with Crippen molar-refractivity contribution in [2.24, 2.45) is 0 Å². The summed E-state index contributed by atoms with van der Waals surface area (Å²) >= 11 is 6.17. The number of halogens is 1. The third-order valence-electron chi connectivity index (χ3n) is 5.28. The van der Waals surface area contributed by atoms with E-state index in [0.29, 0.717) is 29.1 Å². The molecule has 154 valence electrons. The molecule has 1 aromatic heterocycles. The van der Waals surface area contributed by atoms with Crippen LogP contribution in [0.25, 0.3) is 11.5 Å². The van der Waals surface area contributed by atoms with Crippen molar-refractivity contribution in [1.82, 2.24) is 9.88 Å². The molecule has 0 amide bonds. The van der Waals surface area contributed by atoms with Crippen LogP contribution >= 0.6 is 11.6 Å². The van der Waals surface area contributed by atoms with Crippen LogP contribution in [0.3, 0.4) is 0 Å². The Balaban J connectivity index is 1.46. The minimum absolute atomic E-state index is 0.328. The number of nitrogens with zero attached hydrogens (tertiary/aromatic N) is 4. The Kier molecular flexibility index (Phi) is 6.22. The smallest absolute Gasteiger partial charge is 0.235 e. The Morgan fingerprint density at radius 1 is 1.10 bits per heavy atom. The van der Waals surface area contributed by atoms with Crippen molar-refractivity contribution >= 4 is 17.5 Å². The van der Waals surface area contributed by atoms with E-state index in [9.17, 15) is 5.26 Å². The van der Waals surface area contributed by atoms with Gasteiger partial charge in [0.05, 0.1) is 0 Å². The monoisotopic (exact) mass is 422 g/mol. The van der Waals surface area contributed by atoms with Crippen molar-refractivity contribution < 1.29 is 9.15 Å². The molecule has 30 heavy (non-hydrogen) atoms. The fraction of sp³-hybridized carbons (Fsp3) is 0.304. The molecule has 2 aromatic carbocycles. The van der Waals surface area contributed by atoms with E-state index in [4.69, 9.17) is 20.8 Å². The Bertz CT molecular complexity index is 1030. The molecule has 0 atom stereocenters. The van der Waals surface area contributed by atoms with Gasteiger partial charge >= 0.3 is 0 Å². The minimum Gasteiger partial charge on any atom is -0.489 e. The first kappa shape index (κ1) is 20.3. The topological polar surface area (TPSA) is 65.5 Å². The SMILES string of the molecule is CCN1CCN(c2oc(-c3ccc(OCc4ccccc4Cl)cc3)nc2C#N)CC1. The van der Waals surface area contributed by atoms with Crippen LogP contribution in [0.2, 0.25) is 5.02 Å². The van der Waals surface area contributed by atoms with Gasteiger partial charge in [-0.15, -0.1) is 0 Å². The Morgan fingerprint density at radius 2 is 1.83 bits per heavy atom. The number of anilines is 1. The second-order valence-corrected chi connectivity index (χ2v) is 7.52. The summed E-state index contributed by atoms with van der Waals surface area (Å²) in [5.74, 6) is 1.72. The lowest BCUT2D eigenvalue weighted by molar-refractivity contribution is 0.266. The number of aromatic nitrogens is 1. The number of oxazole rings is 1. The average Bonchev–Trinajstić information content (AvgIpc) is 3.23. The molecule has 6 nitrogen and oxygen atoms in total. The molecule has 2 heterocycles. The van der Waals surface area contributed by atoms with Gasteiger partial charge in [0.2, 0.25) is 17.5 Å². The molecule has 7 heteroatoms. The van der Waals surface area contributed by atoms with E-state index in [0.717, 1.165) is 49.6 Å². The molecule has 0 radical (unpaired) electrons.